The van der Waals surface area contributed by atoms with Crippen LogP contribution in [-0.4, -0.2) is 0 Å². The van der Waals surface area contributed by atoms with E-state index in [1.54, 1.807) is 5.57 Å². The normalized spacial score (nSPS) is 35.4. The molecule has 1 aromatic heterocycles. The molecule has 1 aromatic rings. The van der Waals surface area contributed by atoms with Crippen molar-refractivity contribution in [2.24, 2.45) is 16.7 Å². The number of hydrogen-bond donors (Lipinski definition) is 0. The van der Waals surface area contributed by atoms with Gasteiger partial charge in [-0.1, -0.05) is 38.8 Å². The molecular weight excluding hydrogens is 244 g/mol. The van der Waals surface area contributed by atoms with Crippen molar-refractivity contribution in [2.75, 3.05) is 0 Å². The molecule has 1 heteroatoms. The molecule has 2 bridgehead atoms. The highest BCUT2D eigenvalue weighted by Gasteiger charge is 2.56. The molecule has 1 nitrogen and oxygen atoms in total. The number of furan rings is 1. The summed E-state index contributed by atoms with van der Waals surface area (Å²) in [6.45, 7) is 14.4. The van der Waals surface area contributed by atoms with Gasteiger partial charge in [-0.15, -0.1) is 0 Å². The van der Waals surface area contributed by atoms with Crippen LogP contribution >= 0.6 is 0 Å². The summed E-state index contributed by atoms with van der Waals surface area (Å²) in [5.41, 5.74) is 5.24. The van der Waals surface area contributed by atoms with Crippen LogP contribution in [0.1, 0.15) is 71.6 Å². The van der Waals surface area contributed by atoms with E-state index in [-0.39, 0.29) is 10.8 Å². The summed E-state index contributed by atoms with van der Waals surface area (Å²) in [6, 6.07) is 2.20. The maximum absolute atomic E-state index is 5.93. The van der Waals surface area contributed by atoms with E-state index >= 15 is 0 Å². The second kappa shape index (κ2) is 4.26. The van der Waals surface area contributed by atoms with Crippen molar-refractivity contribution >= 4 is 0 Å². The number of hydrogen-bond acceptors (Lipinski definition) is 1. The van der Waals surface area contributed by atoms with Crippen molar-refractivity contribution in [2.45, 2.75) is 66.7 Å². The molecule has 0 aromatic carbocycles. The lowest BCUT2D eigenvalue weighted by Crippen LogP contribution is -2.47. The van der Waals surface area contributed by atoms with Crippen LogP contribution in [0.15, 0.2) is 27.9 Å². The van der Waals surface area contributed by atoms with Gasteiger partial charge in [0.2, 0.25) is 0 Å². The van der Waals surface area contributed by atoms with E-state index in [4.69, 9.17) is 4.42 Å². The fraction of sp³-hybridized carbons (Fsp3) is 0.684. The second-order valence-corrected chi connectivity index (χ2v) is 7.97. The molecule has 3 atom stereocenters. The van der Waals surface area contributed by atoms with Gasteiger partial charge in [-0.3, -0.25) is 0 Å². The summed E-state index contributed by atoms with van der Waals surface area (Å²) < 4.78 is 5.93. The van der Waals surface area contributed by atoms with Crippen LogP contribution in [-0.2, 0) is 6.42 Å². The first-order valence-corrected chi connectivity index (χ1v) is 8.03. The predicted molar refractivity (Wildman–Crippen MR) is 83.8 cm³/mol. The Hall–Kier alpha value is -0.980. The zero-order valence-corrected chi connectivity index (χ0v) is 13.8. The Bertz CT molecular complexity index is 556. The number of aryl methyl sites for hydroxylation is 1. The van der Waals surface area contributed by atoms with Gasteiger partial charge in [-0.25, -0.2) is 0 Å². The van der Waals surface area contributed by atoms with Crippen molar-refractivity contribution in [3.05, 3.63) is 34.8 Å². The van der Waals surface area contributed by atoms with Crippen molar-refractivity contribution in [1.29, 1.82) is 0 Å². The molecule has 2 aliphatic rings. The molecule has 20 heavy (non-hydrogen) atoms. The Kier molecular flexibility index (Phi) is 2.97. The van der Waals surface area contributed by atoms with E-state index < -0.39 is 0 Å². The monoisotopic (exact) mass is 272 g/mol. The molecule has 0 radical (unpaired) electrons. The summed E-state index contributed by atoms with van der Waals surface area (Å²) in [4.78, 5) is 0. The molecule has 0 amide bonds. The Morgan fingerprint density at radius 3 is 2.60 bits per heavy atom. The minimum Gasteiger partial charge on any atom is -0.469 e. The van der Waals surface area contributed by atoms with E-state index in [2.05, 4.69) is 47.6 Å². The van der Waals surface area contributed by atoms with E-state index in [0.717, 1.165) is 6.42 Å². The molecular formula is C19H28O. The van der Waals surface area contributed by atoms with Crippen molar-refractivity contribution in [1.82, 2.24) is 0 Å². The van der Waals surface area contributed by atoms with Gasteiger partial charge in [-0.05, 0) is 61.5 Å². The first-order chi connectivity index (χ1) is 9.29. The van der Waals surface area contributed by atoms with Gasteiger partial charge in [0.1, 0.15) is 5.76 Å². The minimum atomic E-state index is 0.259. The Morgan fingerprint density at radius 1 is 1.25 bits per heavy atom. The summed E-state index contributed by atoms with van der Waals surface area (Å²) in [5.74, 6) is 2.50. The van der Waals surface area contributed by atoms with Crippen LogP contribution in [0.3, 0.4) is 0 Å². The molecule has 1 fully saturated rings. The first kappa shape index (κ1) is 14.0. The Labute approximate surface area is 123 Å². The maximum Gasteiger partial charge on any atom is 0.110 e. The predicted octanol–water partition coefficient (Wildman–Crippen LogP) is 5.72. The number of rotatable bonds is 0. The van der Waals surface area contributed by atoms with Crippen molar-refractivity contribution in [3.63, 3.8) is 0 Å². The molecule has 3 rings (SSSR count). The smallest absolute Gasteiger partial charge is 0.110 e. The third-order valence-corrected chi connectivity index (χ3v) is 6.50. The SMILES string of the molecule is CC(C)=C1C(C)CC2c3occc3CCC1(C)C2(C)C. The summed E-state index contributed by atoms with van der Waals surface area (Å²) >= 11 is 0. The average Bonchev–Trinajstić information content (AvgIpc) is 2.77. The van der Waals surface area contributed by atoms with E-state index in [0.29, 0.717) is 11.8 Å². The molecule has 0 saturated heterocycles. The molecule has 0 N–H and O–H groups in total. The highest BCUT2D eigenvalue weighted by Crippen LogP contribution is 2.65. The van der Waals surface area contributed by atoms with E-state index in [9.17, 15) is 0 Å². The van der Waals surface area contributed by atoms with Crippen LogP contribution in [0.4, 0.5) is 0 Å². The fourth-order valence-corrected chi connectivity index (χ4v) is 5.22. The Morgan fingerprint density at radius 2 is 1.95 bits per heavy atom. The highest BCUT2D eigenvalue weighted by molar-refractivity contribution is 5.36. The van der Waals surface area contributed by atoms with Gasteiger partial charge >= 0.3 is 0 Å². The second-order valence-electron chi connectivity index (χ2n) is 7.97. The number of fused-ring (bicyclic) bond motifs is 4. The third kappa shape index (κ3) is 1.61. The van der Waals surface area contributed by atoms with E-state index in [1.807, 2.05) is 6.26 Å². The lowest BCUT2D eigenvalue weighted by Gasteiger charge is -2.55. The van der Waals surface area contributed by atoms with Crippen LogP contribution in [0.2, 0.25) is 0 Å². The Balaban J connectivity index is 2.23. The lowest BCUT2D eigenvalue weighted by atomic mass is 9.48. The quantitative estimate of drug-likeness (QED) is 0.551. The zero-order valence-electron chi connectivity index (χ0n) is 13.8. The lowest BCUT2D eigenvalue weighted by molar-refractivity contribution is 0.0319. The number of allylic oxidation sites excluding steroid dienone is 2. The largest absolute Gasteiger partial charge is 0.469 e. The van der Waals surface area contributed by atoms with Gasteiger partial charge in [0, 0.05) is 5.92 Å². The van der Waals surface area contributed by atoms with Crippen LogP contribution < -0.4 is 0 Å². The van der Waals surface area contributed by atoms with Gasteiger partial charge in [-0.2, -0.15) is 0 Å². The maximum atomic E-state index is 5.93. The first-order valence-electron chi connectivity index (χ1n) is 8.03. The summed E-state index contributed by atoms with van der Waals surface area (Å²) in [6.07, 6.45) is 5.52. The average molecular weight is 272 g/mol. The standard InChI is InChI=1S/C19H28O/c1-12(2)16-13(3)11-15-17-14(8-10-20-17)7-9-19(16,6)18(15,4)5/h8,10,13,15H,7,9,11H2,1-6H3. The molecule has 0 aliphatic heterocycles. The van der Waals surface area contributed by atoms with Crippen LogP contribution in [0.25, 0.3) is 0 Å². The van der Waals surface area contributed by atoms with E-state index in [1.165, 1.54) is 29.7 Å². The van der Waals surface area contributed by atoms with Crippen LogP contribution in [0, 0.1) is 16.7 Å². The van der Waals surface area contributed by atoms with Gasteiger partial charge < -0.3 is 4.42 Å². The van der Waals surface area contributed by atoms with Gasteiger partial charge in [0.15, 0.2) is 0 Å². The van der Waals surface area contributed by atoms with Crippen LogP contribution in [0.5, 0.6) is 0 Å². The summed E-state index contributed by atoms with van der Waals surface area (Å²) in [7, 11) is 0. The molecule has 3 unspecified atom stereocenters. The molecule has 1 heterocycles. The van der Waals surface area contributed by atoms with Gasteiger partial charge in [0.05, 0.1) is 6.26 Å². The van der Waals surface area contributed by atoms with Crippen molar-refractivity contribution in [3.8, 4) is 0 Å². The highest BCUT2D eigenvalue weighted by atomic mass is 16.3. The minimum absolute atomic E-state index is 0.259. The molecule has 1 saturated carbocycles. The fourth-order valence-electron chi connectivity index (χ4n) is 5.22. The molecule has 110 valence electrons. The van der Waals surface area contributed by atoms with Gasteiger partial charge in [0.25, 0.3) is 0 Å². The van der Waals surface area contributed by atoms with Crippen molar-refractivity contribution < 1.29 is 4.42 Å². The topological polar surface area (TPSA) is 13.1 Å². The zero-order chi connectivity index (χ0) is 14.7. The molecule has 0 spiro atoms. The third-order valence-electron chi connectivity index (χ3n) is 6.50. The molecule has 2 aliphatic carbocycles. The summed E-state index contributed by atoms with van der Waals surface area (Å²) in [5, 5.41) is 0.